The van der Waals surface area contributed by atoms with E-state index in [1.807, 2.05) is 0 Å². The fourth-order valence-corrected chi connectivity index (χ4v) is 2.20. The molecule has 1 aliphatic rings. The van der Waals surface area contributed by atoms with Gasteiger partial charge in [0.25, 0.3) is 0 Å². The Morgan fingerprint density at radius 3 is 2.94 bits per heavy atom. The van der Waals surface area contributed by atoms with Crippen LogP contribution in [0.4, 0.5) is 4.39 Å². The number of piperidine rings is 1. The van der Waals surface area contributed by atoms with Gasteiger partial charge < -0.3 is 10.6 Å². The van der Waals surface area contributed by atoms with Crippen molar-refractivity contribution in [3.8, 4) is 0 Å². The molecule has 0 aromatic heterocycles. The number of rotatable bonds is 3. The Hall–Kier alpha value is -0.350. The smallest absolute Gasteiger partial charge is 0.129 e. The number of halogens is 3. The maximum atomic E-state index is 13.5. The Kier molecular flexibility index (Phi) is 6.20. The molecule has 1 heterocycles. The fraction of sp³-hybridized carbons (Fsp3) is 0.500. The van der Waals surface area contributed by atoms with Gasteiger partial charge in [-0.05, 0) is 31.5 Å². The molecule has 1 aromatic rings. The number of hydrogen-bond donors (Lipinski definition) is 2. The van der Waals surface area contributed by atoms with E-state index < -0.39 is 0 Å². The van der Waals surface area contributed by atoms with Gasteiger partial charge in [-0.15, -0.1) is 12.4 Å². The highest BCUT2D eigenvalue weighted by Gasteiger charge is 2.13. The summed E-state index contributed by atoms with van der Waals surface area (Å²) in [5, 5.41) is 7.14. The van der Waals surface area contributed by atoms with E-state index in [1.165, 1.54) is 12.5 Å². The lowest BCUT2D eigenvalue weighted by Gasteiger charge is -2.24. The van der Waals surface area contributed by atoms with E-state index in [-0.39, 0.29) is 18.2 Å². The lowest BCUT2D eigenvalue weighted by atomic mass is 10.1. The van der Waals surface area contributed by atoms with Crippen molar-refractivity contribution in [2.24, 2.45) is 0 Å². The molecular formula is C12H17Cl2FN2. The Bertz CT molecular complexity index is 334. The van der Waals surface area contributed by atoms with Crippen LogP contribution in [0, 0.1) is 5.82 Å². The molecule has 0 amide bonds. The summed E-state index contributed by atoms with van der Waals surface area (Å²) in [7, 11) is 0. The largest absolute Gasteiger partial charge is 0.315 e. The molecule has 1 aromatic carbocycles. The quantitative estimate of drug-likeness (QED) is 0.889. The first-order valence-electron chi connectivity index (χ1n) is 5.64. The minimum atomic E-state index is -0.233. The second kappa shape index (κ2) is 7.17. The van der Waals surface area contributed by atoms with Crippen LogP contribution in [0.25, 0.3) is 0 Å². The maximum absolute atomic E-state index is 13.5. The molecule has 1 unspecified atom stereocenters. The van der Waals surface area contributed by atoms with Crippen LogP contribution in [0.5, 0.6) is 0 Å². The molecule has 0 aliphatic carbocycles. The van der Waals surface area contributed by atoms with Crippen molar-refractivity contribution >= 4 is 24.0 Å². The second-order valence-corrected chi connectivity index (χ2v) is 4.53. The first kappa shape index (κ1) is 14.7. The van der Waals surface area contributed by atoms with Crippen LogP contribution in [0.15, 0.2) is 18.2 Å². The van der Waals surface area contributed by atoms with Gasteiger partial charge in [-0.2, -0.15) is 0 Å². The van der Waals surface area contributed by atoms with Crippen molar-refractivity contribution in [3.63, 3.8) is 0 Å². The van der Waals surface area contributed by atoms with Crippen molar-refractivity contribution < 1.29 is 4.39 Å². The number of hydrogen-bond acceptors (Lipinski definition) is 2. The van der Waals surface area contributed by atoms with Crippen molar-refractivity contribution in [1.82, 2.24) is 10.6 Å². The van der Waals surface area contributed by atoms with Crippen LogP contribution in [-0.4, -0.2) is 19.1 Å². The van der Waals surface area contributed by atoms with E-state index in [2.05, 4.69) is 10.6 Å². The molecule has 0 spiro atoms. The highest BCUT2D eigenvalue weighted by atomic mass is 35.5. The van der Waals surface area contributed by atoms with Crippen molar-refractivity contribution in [3.05, 3.63) is 34.6 Å². The van der Waals surface area contributed by atoms with Crippen LogP contribution in [0.2, 0.25) is 5.02 Å². The van der Waals surface area contributed by atoms with Gasteiger partial charge in [0.05, 0.1) is 0 Å². The lowest BCUT2D eigenvalue weighted by molar-refractivity contribution is 0.386. The van der Waals surface area contributed by atoms with Crippen LogP contribution >= 0.6 is 24.0 Å². The Labute approximate surface area is 112 Å². The minimum absolute atomic E-state index is 0. The van der Waals surface area contributed by atoms with E-state index in [1.54, 1.807) is 12.1 Å². The third kappa shape index (κ3) is 4.11. The normalized spacial score (nSPS) is 19.8. The Balaban J connectivity index is 0.00000144. The summed E-state index contributed by atoms with van der Waals surface area (Å²) >= 11 is 5.95. The van der Waals surface area contributed by atoms with Crippen LogP contribution in [0.1, 0.15) is 18.4 Å². The van der Waals surface area contributed by atoms with E-state index >= 15 is 0 Å². The average Bonchev–Trinajstić information content (AvgIpc) is 2.30. The summed E-state index contributed by atoms with van der Waals surface area (Å²) in [6, 6.07) is 5.22. The monoisotopic (exact) mass is 278 g/mol. The van der Waals surface area contributed by atoms with Crippen LogP contribution in [-0.2, 0) is 6.54 Å². The molecule has 17 heavy (non-hydrogen) atoms. The summed E-state index contributed by atoms with van der Waals surface area (Å²) in [6.07, 6.45) is 2.31. The molecule has 96 valence electrons. The van der Waals surface area contributed by atoms with E-state index in [4.69, 9.17) is 11.6 Å². The third-order valence-corrected chi connectivity index (χ3v) is 3.28. The minimum Gasteiger partial charge on any atom is -0.315 e. The SMILES string of the molecule is Cl.Fc1cccc(Cl)c1CNC1CCCNC1. The van der Waals surface area contributed by atoms with Crippen molar-refractivity contribution in [1.29, 1.82) is 0 Å². The summed E-state index contributed by atoms with van der Waals surface area (Å²) in [5.41, 5.74) is 0.565. The molecule has 1 fully saturated rings. The highest BCUT2D eigenvalue weighted by molar-refractivity contribution is 6.31. The second-order valence-electron chi connectivity index (χ2n) is 4.12. The first-order chi connectivity index (χ1) is 7.77. The zero-order chi connectivity index (χ0) is 11.4. The molecule has 1 atom stereocenters. The van der Waals surface area contributed by atoms with Gasteiger partial charge in [0.15, 0.2) is 0 Å². The third-order valence-electron chi connectivity index (χ3n) is 2.93. The van der Waals surface area contributed by atoms with Gasteiger partial charge in [0, 0.05) is 29.7 Å². The van der Waals surface area contributed by atoms with Crippen molar-refractivity contribution in [2.75, 3.05) is 13.1 Å². The van der Waals surface area contributed by atoms with E-state index in [0.717, 1.165) is 19.5 Å². The zero-order valence-corrected chi connectivity index (χ0v) is 11.1. The topological polar surface area (TPSA) is 24.1 Å². The summed E-state index contributed by atoms with van der Waals surface area (Å²) in [5.74, 6) is -0.233. The molecule has 0 radical (unpaired) electrons. The molecule has 2 rings (SSSR count). The summed E-state index contributed by atoms with van der Waals surface area (Å²) in [4.78, 5) is 0. The van der Waals surface area contributed by atoms with E-state index in [9.17, 15) is 4.39 Å². The van der Waals surface area contributed by atoms with Gasteiger partial charge in [-0.25, -0.2) is 4.39 Å². The number of nitrogens with one attached hydrogen (secondary N) is 2. The molecule has 1 saturated heterocycles. The van der Waals surface area contributed by atoms with Crippen LogP contribution < -0.4 is 10.6 Å². The van der Waals surface area contributed by atoms with Gasteiger partial charge in [-0.1, -0.05) is 17.7 Å². The van der Waals surface area contributed by atoms with E-state index in [0.29, 0.717) is 23.2 Å². The molecule has 2 N–H and O–H groups in total. The average molecular weight is 279 g/mol. The predicted molar refractivity (Wildman–Crippen MR) is 71.4 cm³/mol. The molecule has 0 bridgehead atoms. The van der Waals surface area contributed by atoms with Gasteiger partial charge >= 0.3 is 0 Å². The zero-order valence-electron chi connectivity index (χ0n) is 9.51. The molecule has 5 heteroatoms. The number of benzene rings is 1. The van der Waals surface area contributed by atoms with Crippen LogP contribution in [0.3, 0.4) is 0 Å². The van der Waals surface area contributed by atoms with Gasteiger partial charge in [0.2, 0.25) is 0 Å². The standard InChI is InChI=1S/C12H16ClFN2.ClH/c13-11-4-1-5-12(14)10(11)8-16-9-3-2-6-15-7-9;/h1,4-5,9,15-16H,2-3,6-8H2;1H. The molecule has 0 saturated carbocycles. The Morgan fingerprint density at radius 2 is 2.29 bits per heavy atom. The highest BCUT2D eigenvalue weighted by Crippen LogP contribution is 2.19. The lowest BCUT2D eigenvalue weighted by Crippen LogP contribution is -2.42. The van der Waals surface area contributed by atoms with Gasteiger partial charge in [-0.3, -0.25) is 0 Å². The predicted octanol–water partition coefficient (Wildman–Crippen LogP) is 2.74. The summed E-state index contributed by atoms with van der Waals surface area (Å²) in [6.45, 7) is 2.53. The summed E-state index contributed by atoms with van der Waals surface area (Å²) < 4.78 is 13.5. The van der Waals surface area contributed by atoms with Gasteiger partial charge in [0.1, 0.15) is 5.82 Å². The molecule has 2 nitrogen and oxygen atoms in total. The van der Waals surface area contributed by atoms with Crippen molar-refractivity contribution in [2.45, 2.75) is 25.4 Å². The fourth-order valence-electron chi connectivity index (χ4n) is 1.97. The maximum Gasteiger partial charge on any atom is 0.129 e. The molecule has 1 aliphatic heterocycles. The Morgan fingerprint density at radius 1 is 1.47 bits per heavy atom. The molecular weight excluding hydrogens is 262 g/mol. The first-order valence-corrected chi connectivity index (χ1v) is 6.02.